The van der Waals surface area contributed by atoms with Crippen molar-refractivity contribution in [3.63, 3.8) is 0 Å². The molecule has 0 radical (unpaired) electrons. The quantitative estimate of drug-likeness (QED) is 0.902. The molecular weight excluding hydrogens is 266 g/mol. The summed E-state index contributed by atoms with van der Waals surface area (Å²) in [6, 6.07) is 7.51. The number of carbonyl (C=O) groups is 1. The van der Waals surface area contributed by atoms with Crippen molar-refractivity contribution < 1.29 is 4.79 Å². The van der Waals surface area contributed by atoms with Gasteiger partial charge in [0.25, 0.3) is 5.91 Å². The van der Waals surface area contributed by atoms with Gasteiger partial charge in [-0.05, 0) is 52.7 Å². The topological polar surface area (TPSA) is 29.1 Å². The smallest absolute Gasteiger partial charge is 0.252 e. The molecule has 1 N–H and O–H groups in total. The van der Waals surface area contributed by atoms with E-state index in [-0.39, 0.29) is 5.91 Å². The zero-order valence-electron chi connectivity index (χ0n) is 9.37. The third kappa shape index (κ3) is 2.85. The van der Waals surface area contributed by atoms with Crippen LogP contribution in [0.15, 0.2) is 28.7 Å². The molecule has 1 aliphatic carbocycles. The fourth-order valence-corrected chi connectivity index (χ4v) is 2.29. The Morgan fingerprint density at radius 1 is 1.50 bits per heavy atom. The van der Waals surface area contributed by atoms with Crippen LogP contribution in [-0.4, -0.2) is 12.5 Å². The van der Waals surface area contributed by atoms with Gasteiger partial charge in [0.05, 0.1) is 5.56 Å². The summed E-state index contributed by atoms with van der Waals surface area (Å²) in [5.74, 6) is 1.45. The van der Waals surface area contributed by atoms with Gasteiger partial charge in [0.1, 0.15) is 0 Å². The van der Waals surface area contributed by atoms with Gasteiger partial charge < -0.3 is 5.32 Å². The molecule has 2 nitrogen and oxygen atoms in total. The van der Waals surface area contributed by atoms with Crippen LogP contribution >= 0.6 is 15.9 Å². The van der Waals surface area contributed by atoms with Gasteiger partial charge in [-0.3, -0.25) is 4.79 Å². The molecule has 1 fully saturated rings. The Kier molecular flexibility index (Phi) is 3.64. The van der Waals surface area contributed by atoms with Crippen molar-refractivity contribution in [1.29, 1.82) is 0 Å². The summed E-state index contributed by atoms with van der Waals surface area (Å²) < 4.78 is 0.853. The van der Waals surface area contributed by atoms with Crippen molar-refractivity contribution in [3.05, 3.63) is 34.3 Å². The van der Waals surface area contributed by atoms with Crippen molar-refractivity contribution >= 4 is 21.8 Å². The molecule has 0 aromatic heterocycles. The highest BCUT2D eigenvalue weighted by Crippen LogP contribution is 2.36. The fraction of sp³-hybridized carbons (Fsp3) is 0.462. The van der Waals surface area contributed by atoms with E-state index >= 15 is 0 Å². The van der Waals surface area contributed by atoms with Crippen molar-refractivity contribution in [2.45, 2.75) is 19.8 Å². The van der Waals surface area contributed by atoms with Crippen molar-refractivity contribution in [3.8, 4) is 0 Å². The Balaban J connectivity index is 1.90. The van der Waals surface area contributed by atoms with Crippen molar-refractivity contribution in [2.24, 2.45) is 11.8 Å². The second-order valence-corrected chi connectivity index (χ2v) is 5.36. The molecule has 1 amide bonds. The summed E-state index contributed by atoms with van der Waals surface area (Å²) in [6.07, 6.45) is 2.65. The summed E-state index contributed by atoms with van der Waals surface area (Å²) in [5.41, 5.74) is 0.713. The molecule has 1 saturated carbocycles. The molecule has 1 aromatic rings. The first kappa shape index (κ1) is 11.6. The van der Waals surface area contributed by atoms with E-state index in [0.717, 1.165) is 16.9 Å². The molecule has 1 aromatic carbocycles. The van der Waals surface area contributed by atoms with E-state index < -0.39 is 0 Å². The van der Waals surface area contributed by atoms with E-state index in [4.69, 9.17) is 0 Å². The Morgan fingerprint density at radius 2 is 2.19 bits per heavy atom. The van der Waals surface area contributed by atoms with Crippen LogP contribution in [0.3, 0.4) is 0 Å². The summed E-state index contributed by atoms with van der Waals surface area (Å²) in [7, 11) is 0. The average Bonchev–Trinajstić information content (AvgIpc) is 3.10. The van der Waals surface area contributed by atoms with Gasteiger partial charge in [-0.2, -0.15) is 0 Å². The number of halogens is 1. The predicted octanol–water partition coefficient (Wildman–Crippen LogP) is 3.23. The first-order chi connectivity index (χ1) is 7.68. The zero-order valence-corrected chi connectivity index (χ0v) is 11.0. The van der Waals surface area contributed by atoms with Crippen LogP contribution in [0.4, 0.5) is 0 Å². The zero-order chi connectivity index (χ0) is 11.5. The SMILES string of the molecule is CC(CNC(=O)c1ccccc1Br)C1CC1. The maximum atomic E-state index is 11.9. The van der Waals surface area contributed by atoms with Crippen LogP contribution < -0.4 is 5.32 Å². The Hall–Kier alpha value is -0.830. The third-order valence-electron chi connectivity index (χ3n) is 3.13. The van der Waals surface area contributed by atoms with Crippen LogP contribution in [0.25, 0.3) is 0 Å². The number of hydrogen-bond donors (Lipinski definition) is 1. The minimum absolute atomic E-state index is 0.0139. The van der Waals surface area contributed by atoms with Crippen LogP contribution in [0.5, 0.6) is 0 Å². The highest BCUT2D eigenvalue weighted by atomic mass is 79.9. The molecule has 0 heterocycles. The maximum Gasteiger partial charge on any atom is 0.252 e. The van der Waals surface area contributed by atoms with Gasteiger partial charge in [-0.15, -0.1) is 0 Å². The summed E-state index contributed by atoms with van der Waals surface area (Å²) in [6.45, 7) is 2.99. The van der Waals surface area contributed by atoms with E-state index in [1.165, 1.54) is 12.8 Å². The molecule has 1 atom stereocenters. The molecule has 0 bridgehead atoms. The standard InChI is InChI=1S/C13H16BrNO/c1-9(10-6-7-10)8-15-13(16)11-4-2-3-5-12(11)14/h2-5,9-10H,6-8H2,1H3,(H,15,16). The number of amides is 1. The molecule has 2 rings (SSSR count). The lowest BCUT2D eigenvalue weighted by Gasteiger charge is -2.11. The number of benzene rings is 1. The van der Waals surface area contributed by atoms with Gasteiger partial charge in [-0.1, -0.05) is 19.1 Å². The van der Waals surface area contributed by atoms with Gasteiger partial charge in [0.15, 0.2) is 0 Å². The highest BCUT2D eigenvalue weighted by molar-refractivity contribution is 9.10. The predicted molar refractivity (Wildman–Crippen MR) is 68.4 cm³/mol. The molecule has 0 aliphatic heterocycles. The molecule has 0 spiro atoms. The van der Waals surface area contributed by atoms with Crippen molar-refractivity contribution in [1.82, 2.24) is 5.32 Å². The first-order valence-corrected chi connectivity index (χ1v) is 6.50. The van der Waals surface area contributed by atoms with E-state index in [1.807, 2.05) is 24.3 Å². The van der Waals surface area contributed by atoms with Crippen LogP contribution in [0.1, 0.15) is 30.1 Å². The second-order valence-electron chi connectivity index (χ2n) is 4.50. The van der Waals surface area contributed by atoms with Crippen LogP contribution in [0, 0.1) is 11.8 Å². The first-order valence-electron chi connectivity index (χ1n) is 5.71. The molecule has 1 aliphatic rings. The summed E-state index contributed by atoms with van der Waals surface area (Å²) in [5, 5.41) is 2.99. The second kappa shape index (κ2) is 5.00. The van der Waals surface area contributed by atoms with E-state index in [0.29, 0.717) is 11.5 Å². The Bertz CT molecular complexity index is 387. The van der Waals surface area contributed by atoms with E-state index in [1.54, 1.807) is 0 Å². The molecule has 0 saturated heterocycles. The highest BCUT2D eigenvalue weighted by Gasteiger charge is 2.27. The molecule has 16 heavy (non-hydrogen) atoms. The lowest BCUT2D eigenvalue weighted by Crippen LogP contribution is -2.29. The van der Waals surface area contributed by atoms with Gasteiger partial charge >= 0.3 is 0 Å². The molecule has 3 heteroatoms. The molecule has 86 valence electrons. The number of nitrogens with one attached hydrogen (secondary N) is 1. The van der Waals surface area contributed by atoms with E-state index in [2.05, 4.69) is 28.2 Å². The maximum absolute atomic E-state index is 11.9. The number of hydrogen-bond acceptors (Lipinski definition) is 1. The monoisotopic (exact) mass is 281 g/mol. The van der Waals surface area contributed by atoms with Gasteiger partial charge in [-0.25, -0.2) is 0 Å². The Labute approximate surface area is 105 Å². The largest absolute Gasteiger partial charge is 0.352 e. The van der Waals surface area contributed by atoms with Gasteiger partial charge in [0, 0.05) is 11.0 Å². The van der Waals surface area contributed by atoms with Crippen molar-refractivity contribution in [2.75, 3.05) is 6.54 Å². The minimum Gasteiger partial charge on any atom is -0.352 e. The lowest BCUT2D eigenvalue weighted by atomic mass is 10.1. The number of rotatable bonds is 4. The Morgan fingerprint density at radius 3 is 2.81 bits per heavy atom. The molecule has 1 unspecified atom stereocenters. The van der Waals surface area contributed by atoms with E-state index in [9.17, 15) is 4.79 Å². The molecular formula is C13H16BrNO. The van der Waals surface area contributed by atoms with Gasteiger partial charge in [0.2, 0.25) is 0 Å². The lowest BCUT2D eigenvalue weighted by molar-refractivity contribution is 0.0946. The fourth-order valence-electron chi connectivity index (χ4n) is 1.83. The number of carbonyl (C=O) groups excluding carboxylic acids is 1. The average molecular weight is 282 g/mol. The summed E-state index contributed by atoms with van der Waals surface area (Å²) in [4.78, 5) is 11.9. The normalized spacial score (nSPS) is 16.9. The van der Waals surface area contributed by atoms with Crippen LogP contribution in [0.2, 0.25) is 0 Å². The van der Waals surface area contributed by atoms with Crippen LogP contribution in [-0.2, 0) is 0 Å². The minimum atomic E-state index is 0.0139. The third-order valence-corrected chi connectivity index (χ3v) is 3.82. The summed E-state index contributed by atoms with van der Waals surface area (Å²) >= 11 is 3.38.